The number of aliphatic hydroxyl groups excluding tert-OH is 2. The number of likely N-dealkylation sites (tertiary alicyclic amines) is 1. The molecule has 2 aromatic carbocycles. The minimum absolute atomic E-state index is 0.0413. The molecule has 2 aromatic rings. The number of rotatable bonds is 8. The molecule has 0 radical (unpaired) electrons. The fourth-order valence-corrected chi connectivity index (χ4v) is 3.60. The van der Waals surface area contributed by atoms with Crippen LogP contribution in [0.4, 0.5) is 0 Å². The van der Waals surface area contributed by atoms with Crippen molar-refractivity contribution >= 4 is 29.1 Å². The van der Waals surface area contributed by atoms with Crippen molar-refractivity contribution in [3.05, 3.63) is 70.3 Å². The Morgan fingerprint density at radius 1 is 1.10 bits per heavy atom. The van der Waals surface area contributed by atoms with Gasteiger partial charge in [0.05, 0.1) is 38.5 Å². The first kappa shape index (κ1) is 21.8. The van der Waals surface area contributed by atoms with E-state index in [-0.39, 0.29) is 37.7 Å². The average molecular weight is 432 g/mol. The number of hydrogen-bond acceptors (Lipinski definition) is 6. The number of halogens is 1. The van der Waals surface area contributed by atoms with E-state index in [2.05, 4.69) is 0 Å². The SMILES string of the molecule is COc1ccc(/C(O)=C2\C(=O)C(=O)N(CCOCCO)C2c2ccccc2Cl)cc1. The van der Waals surface area contributed by atoms with Crippen molar-refractivity contribution in [2.75, 3.05) is 33.5 Å². The summed E-state index contributed by atoms with van der Waals surface area (Å²) in [6.45, 7) is 0.188. The first-order valence-electron chi connectivity index (χ1n) is 9.35. The van der Waals surface area contributed by atoms with Crippen molar-refractivity contribution in [2.24, 2.45) is 0 Å². The minimum atomic E-state index is -0.862. The van der Waals surface area contributed by atoms with Crippen LogP contribution in [0.3, 0.4) is 0 Å². The number of carbonyl (C=O) groups excluding carboxylic acids is 2. The third-order valence-corrected chi connectivity index (χ3v) is 5.16. The Bertz CT molecular complexity index is 956. The van der Waals surface area contributed by atoms with Crippen molar-refractivity contribution in [1.82, 2.24) is 4.90 Å². The molecule has 158 valence electrons. The number of Topliss-reactive ketones (excluding diaryl/α,β-unsaturated/α-hetero) is 1. The van der Waals surface area contributed by atoms with Gasteiger partial charge in [-0.05, 0) is 35.9 Å². The molecular formula is C22H22ClNO6. The van der Waals surface area contributed by atoms with Crippen LogP contribution in [0, 0.1) is 0 Å². The van der Waals surface area contributed by atoms with Gasteiger partial charge >= 0.3 is 0 Å². The highest BCUT2D eigenvalue weighted by molar-refractivity contribution is 6.47. The summed E-state index contributed by atoms with van der Waals surface area (Å²) < 4.78 is 10.4. The molecule has 30 heavy (non-hydrogen) atoms. The zero-order valence-corrected chi connectivity index (χ0v) is 17.1. The minimum Gasteiger partial charge on any atom is -0.507 e. The van der Waals surface area contributed by atoms with Crippen LogP contribution in [-0.2, 0) is 14.3 Å². The predicted octanol–water partition coefficient (Wildman–Crippen LogP) is 2.78. The van der Waals surface area contributed by atoms with Crippen LogP contribution in [0.5, 0.6) is 5.75 Å². The maximum Gasteiger partial charge on any atom is 0.295 e. The molecule has 2 N–H and O–H groups in total. The van der Waals surface area contributed by atoms with E-state index in [1.807, 2.05) is 0 Å². The van der Waals surface area contributed by atoms with Crippen LogP contribution in [0.1, 0.15) is 17.2 Å². The van der Waals surface area contributed by atoms with Gasteiger partial charge in [0.1, 0.15) is 11.5 Å². The van der Waals surface area contributed by atoms with Crippen LogP contribution < -0.4 is 4.74 Å². The molecule has 1 aliphatic heterocycles. The molecule has 1 saturated heterocycles. The molecule has 1 atom stereocenters. The van der Waals surface area contributed by atoms with E-state index in [9.17, 15) is 14.7 Å². The number of ether oxygens (including phenoxy) is 2. The molecule has 7 nitrogen and oxygen atoms in total. The van der Waals surface area contributed by atoms with Gasteiger partial charge in [-0.2, -0.15) is 0 Å². The largest absolute Gasteiger partial charge is 0.507 e. The molecule has 8 heteroatoms. The molecular weight excluding hydrogens is 410 g/mol. The second kappa shape index (κ2) is 9.75. The van der Waals surface area contributed by atoms with E-state index in [1.165, 1.54) is 12.0 Å². The highest BCUT2D eigenvalue weighted by Crippen LogP contribution is 2.41. The smallest absolute Gasteiger partial charge is 0.295 e. The van der Waals surface area contributed by atoms with E-state index in [4.69, 9.17) is 26.2 Å². The van der Waals surface area contributed by atoms with Gasteiger partial charge in [0, 0.05) is 17.1 Å². The average Bonchev–Trinajstić information content (AvgIpc) is 3.01. The number of nitrogens with zero attached hydrogens (tertiary/aromatic N) is 1. The summed E-state index contributed by atoms with van der Waals surface area (Å²) in [7, 11) is 1.52. The Morgan fingerprint density at radius 2 is 1.80 bits per heavy atom. The number of ketones is 1. The third kappa shape index (κ3) is 4.33. The van der Waals surface area contributed by atoms with Crippen LogP contribution in [0.15, 0.2) is 54.1 Å². The van der Waals surface area contributed by atoms with Gasteiger partial charge in [-0.3, -0.25) is 9.59 Å². The first-order valence-corrected chi connectivity index (χ1v) is 9.73. The third-order valence-electron chi connectivity index (χ3n) is 4.82. The number of benzene rings is 2. The van der Waals surface area contributed by atoms with Crippen LogP contribution in [0.2, 0.25) is 5.02 Å². The molecule has 3 rings (SSSR count). The van der Waals surface area contributed by atoms with Crippen molar-refractivity contribution in [2.45, 2.75) is 6.04 Å². The predicted molar refractivity (Wildman–Crippen MR) is 111 cm³/mol. The monoisotopic (exact) mass is 431 g/mol. The van der Waals surface area contributed by atoms with Gasteiger partial charge in [-0.25, -0.2) is 0 Å². The number of carbonyl (C=O) groups is 2. The summed E-state index contributed by atoms with van der Waals surface area (Å²) in [5.74, 6) is -1.24. The number of hydrogen-bond donors (Lipinski definition) is 2. The Labute approximate surface area is 179 Å². The van der Waals surface area contributed by atoms with Crippen LogP contribution in [-0.4, -0.2) is 60.3 Å². The zero-order chi connectivity index (χ0) is 21.7. The van der Waals surface area contributed by atoms with E-state index >= 15 is 0 Å². The van der Waals surface area contributed by atoms with E-state index in [0.29, 0.717) is 21.9 Å². The Kier molecular flexibility index (Phi) is 7.10. The van der Waals surface area contributed by atoms with Gasteiger partial charge in [-0.15, -0.1) is 0 Å². The highest BCUT2D eigenvalue weighted by Gasteiger charge is 2.46. The summed E-state index contributed by atoms with van der Waals surface area (Å²) in [4.78, 5) is 27.0. The molecule has 1 unspecified atom stereocenters. The Hall–Kier alpha value is -2.87. The number of methoxy groups -OCH3 is 1. The zero-order valence-electron chi connectivity index (χ0n) is 16.4. The van der Waals surface area contributed by atoms with E-state index < -0.39 is 17.7 Å². The van der Waals surface area contributed by atoms with Crippen LogP contribution >= 0.6 is 11.6 Å². The van der Waals surface area contributed by atoms with Gasteiger partial charge in [0.15, 0.2) is 0 Å². The Morgan fingerprint density at radius 3 is 2.43 bits per heavy atom. The lowest BCUT2D eigenvalue weighted by molar-refractivity contribution is -0.140. The van der Waals surface area contributed by atoms with E-state index in [0.717, 1.165) is 0 Å². The molecule has 1 heterocycles. The van der Waals surface area contributed by atoms with Crippen molar-refractivity contribution < 1.29 is 29.3 Å². The molecule has 0 spiro atoms. The summed E-state index contributed by atoms with van der Waals surface area (Å²) in [6, 6.07) is 12.5. The van der Waals surface area contributed by atoms with E-state index in [1.54, 1.807) is 48.5 Å². The molecule has 1 fully saturated rings. The second-order valence-corrected chi connectivity index (χ2v) is 6.99. The molecule has 1 aliphatic rings. The van der Waals surface area contributed by atoms with Gasteiger partial charge in [0.2, 0.25) is 0 Å². The topological polar surface area (TPSA) is 96.3 Å². The first-order chi connectivity index (χ1) is 14.5. The Balaban J connectivity index is 2.07. The normalized spacial score (nSPS) is 18.1. The maximum absolute atomic E-state index is 12.9. The second-order valence-electron chi connectivity index (χ2n) is 6.58. The molecule has 0 bridgehead atoms. The fraction of sp³-hybridized carbons (Fsp3) is 0.273. The van der Waals surface area contributed by atoms with Gasteiger partial charge in [0.25, 0.3) is 11.7 Å². The lowest BCUT2D eigenvalue weighted by Gasteiger charge is -2.26. The summed E-state index contributed by atoms with van der Waals surface area (Å²) >= 11 is 6.37. The number of amides is 1. The lowest BCUT2D eigenvalue weighted by atomic mass is 9.95. The van der Waals surface area contributed by atoms with Crippen molar-refractivity contribution in [1.29, 1.82) is 0 Å². The van der Waals surface area contributed by atoms with Crippen molar-refractivity contribution in [3.8, 4) is 5.75 Å². The summed E-state index contributed by atoms with van der Waals surface area (Å²) in [6.07, 6.45) is 0. The molecule has 0 saturated carbocycles. The lowest BCUT2D eigenvalue weighted by Crippen LogP contribution is -2.33. The summed E-state index contributed by atoms with van der Waals surface area (Å²) in [5.41, 5.74) is 0.860. The fourth-order valence-electron chi connectivity index (χ4n) is 3.36. The van der Waals surface area contributed by atoms with Crippen molar-refractivity contribution in [3.63, 3.8) is 0 Å². The molecule has 0 aliphatic carbocycles. The highest BCUT2D eigenvalue weighted by atomic mass is 35.5. The quantitative estimate of drug-likeness (QED) is 0.289. The van der Waals surface area contributed by atoms with Crippen LogP contribution in [0.25, 0.3) is 5.76 Å². The van der Waals surface area contributed by atoms with Gasteiger partial charge in [-0.1, -0.05) is 29.8 Å². The summed E-state index contributed by atoms with van der Waals surface area (Å²) in [5, 5.41) is 20.2. The van der Waals surface area contributed by atoms with Gasteiger partial charge < -0.3 is 24.6 Å². The molecule has 1 amide bonds. The maximum atomic E-state index is 12.9. The standard InChI is InChI=1S/C22H22ClNO6/c1-29-15-8-6-14(7-9-15)20(26)18-19(16-4-2-3-5-17(16)23)24(22(28)21(18)27)10-12-30-13-11-25/h2-9,19,25-26H,10-13H2,1H3/b20-18+. The molecule has 0 aromatic heterocycles. The number of aliphatic hydroxyl groups is 2.